The lowest BCUT2D eigenvalue weighted by Crippen LogP contribution is -2.52. The highest BCUT2D eigenvalue weighted by Gasteiger charge is 2.25. The molecule has 7 nitrogen and oxygen atoms in total. The first-order chi connectivity index (χ1) is 14.1. The molecule has 1 aliphatic heterocycles. The van der Waals surface area contributed by atoms with Crippen LogP contribution in [0.4, 0.5) is 5.69 Å². The van der Waals surface area contributed by atoms with Crippen LogP contribution in [0.1, 0.15) is 23.7 Å². The molecule has 0 saturated carbocycles. The van der Waals surface area contributed by atoms with Crippen LogP contribution < -0.4 is 4.90 Å². The van der Waals surface area contributed by atoms with E-state index < -0.39 is 0 Å². The molecule has 1 unspecified atom stereocenters. The zero-order valence-corrected chi connectivity index (χ0v) is 18.2. The summed E-state index contributed by atoms with van der Waals surface area (Å²) < 4.78 is 0. The Hall–Kier alpha value is -2.48. The van der Waals surface area contributed by atoms with Crippen LogP contribution in [0, 0.1) is 0 Å². The number of rotatable bonds is 6. The summed E-state index contributed by atoms with van der Waals surface area (Å²) >= 11 is 6.14. The third kappa shape index (κ3) is 4.98. The van der Waals surface area contributed by atoms with Gasteiger partial charge in [0.15, 0.2) is 11.6 Å². The molecule has 1 aromatic carbocycles. The smallest absolute Gasteiger partial charge is 0.180 e. The Bertz CT molecular complexity index is 980. The Balaban J connectivity index is 0.00000256. The second-order valence-electron chi connectivity index (χ2n) is 7.22. The molecule has 3 heterocycles. The molecular formula is C21H24Cl2N6O. The molecule has 1 aliphatic rings. The number of halogens is 2. The highest BCUT2D eigenvalue weighted by Crippen LogP contribution is 2.24. The van der Waals surface area contributed by atoms with Crippen molar-refractivity contribution in [2.45, 2.75) is 19.4 Å². The summed E-state index contributed by atoms with van der Waals surface area (Å²) in [5, 5.41) is 7.68. The second-order valence-corrected chi connectivity index (χ2v) is 7.65. The third-order valence-electron chi connectivity index (χ3n) is 5.22. The summed E-state index contributed by atoms with van der Waals surface area (Å²) in [5.74, 6) is 0.506. The van der Waals surface area contributed by atoms with Crippen molar-refractivity contribution in [3.05, 3.63) is 59.5 Å². The third-order valence-corrected chi connectivity index (χ3v) is 5.46. The van der Waals surface area contributed by atoms with Crippen molar-refractivity contribution in [1.29, 1.82) is 0 Å². The Kier molecular flexibility index (Phi) is 7.42. The number of hydrogen-bond donors (Lipinski definition) is 1. The van der Waals surface area contributed by atoms with Crippen LogP contribution >= 0.6 is 24.0 Å². The number of carbonyl (C=O) groups is 1. The number of hydrogen-bond acceptors (Lipinski definition) is 6. The van der Waals surface area contributed by atoms with E-state index >= 15 is 0 Å². The molecular weight excluding hydrogens is 423 g/mol. The Morgan fingerprint density at radius 1 is 1.23 bits per heavy atom. The van der Waals surface area contributed by atoms with Crippen molar-refractivity contribution in [2.75, 3.05) is 31.1 Å². The van der Waals surface area contributed by atoms with Gasteiger partial charge in [0.2, 0.25) is 0 Å². The molecule has 158 valence electrons. The summed E-state index contributed by atoms with van der Waals surface area (Å²) in [6.07, 6.45) is 5.36. The lowest BCUT2D eigenvalue weighted by Gasteiger charge is -2.41. The molecule has 0 radical (unpaired) electrons. The number of carbonyl (C=O) groups excluding carboxylic acids is 1. The van der Waals surface area contributed by atoms with Crippen molar-refractivity contribution in [3.8, 4) is 11.5 Å². The average molecular weight is 447 g/mol. The monoisotopic (exact) mass is 446 g/mol. The van der Waals surface area contributed by atoms with Gasteiger partial charge in [-0.25, -0.2) is 9.97 Å². The van der Waals surface area contributed by atoms with Crippen LogP contribution in [0.25, 0.3) is 11.5 Å². The highest BCUT2D eigenvalue weighted by atomic mass is 35.5. The van der Waals surface area contributed by atoms with E-state index in [2.05, 4.69) is 43.0 Å². The van der Waals surface area contributed by atoms with Gasteiger partial charge in [0, 0.05) is 67.9 Å². The first kappa shape index (κ1) is 22.2. The topological polar surface area (TPSA) is 78.0 Å². The van der Waals surface area contributed by atoms with Gasteiger partial charge >= 0.3 is 0 Å². The molecule has 0 aliphatic carbocycles. The number of H-pyrrole nitrogens is 1. The van der Waals surface area contributed by atoms with E-state index in [1.165, 1.54) is 0 Å². The van der Waals surface area contributed by atoms with Gasteiger partial charge in [0.1, 0.15) is 5.69 Å². The van der Waals surface area contributed by atoms with E-state index in [1.807, 2.05) is 18.2 Å². The standard InChI is InChI=1S/C21H23ClN6O.ClH/c1-15-14-27(10-11-28(15)17-5-2-4-16(22)12-17)9-6-19(29)18-13-25-26-20(18)21-23-7-3-8-24-21;/h2-5,7-8,12-13,15H,6,9-11,14H2,1H3,(H,25,26);1H. The van der Waals surface area contributed by atoms with Gasteiger partial charge in [-0.3, -0.25) is 14.8 Å². The minimum absolute atomic E-state index is 0. The summed E-state index contributed by atoms with van der Waals surface area (Å²) in [5.41, 5.74) is 2.20. The highest BCUT2D eigenvalue weighted by molar-refractivity contribution is 6.30. The number of ketones is 1. The van der Waals surface area contributed by atoms with Gasteiger partial charge in [0.05, 0.1) is 5.56 Å². The normalized spacial score (nSPS) is 16.9. The van der Waals surface area contributed by atoms with Crippen LogP contribution in [0.3, 0.4) is 0 Å². The van der Waals surface area contributed by atoms with Crippen molar-refractivity contribution in [3.63, 3.8) is 0 Å². The fourth-order valence-electron chi connectivity index (χ4n) is 3.76. The number of aromatic nitrogens is 4. The molecule has 2 aromatic heterocycles. The van der Waals surface area contributed by atoms with Gasteiger partial charge in [0.25, 0.3) is 0 Å². The fraction of sp³-hybridized carbons (Fsp3) is 0.333. The maximum atomic E-state index is 12.8. The minimum atomic E-state index is 0. The van der Waals surface area contributed by atoms with E-state index in [0.29, 0.717) is 36.1 Å². The molecule has 0 bridgehead atoms. The molecule has 1 atom stereocenters. The summed E-state index contributed by atoms with van der Waals surface area (Å²) in [7, 11) is 0. The van der Waals surface area contributed by atoms with Crippen LogP contribution in [0.2, 0.25) is 5.02 Å². The minimum Gasteiger partial charge on any atom is -0.366 e. The van der Waals surface area contributed by atoms with Gasteiger partial charge in [-0.05, 0) is 31.2 Å². The summed E-state index contributed by atoms with van der Waals surface area (Å²) in [6, 6.07) is 10.1. The molecule has 0 spiro atoms. The van der Waals surface area contributed by atoms with Crippen LogP contribution in [0.5, 0.6) is 0 Å². The maximum absolute atomic E-state index is 12.8. The zero-order valence-electron chi connectivity index (χ0n) is 16.7. The molecule has 1 fully saturated rings. The predicted molar refractivity (Wildman–Crippen MR) is 121 cm³/mol. The zero-order chi connectivity index (χ0) is 20.2. The number of Topliss-reactive ketones (excluding diaryl/α,β-unsaturated/α-hetero) is 1. The summed E-state index contributed by atoms with van der Waals surface area (Å²) in [4.78, 5) is 25.9. The van der Waals surface area contributed by atoms with Gasteiger partial charge in [-0.2, -0.15) is 5.10 Å². The van der Waals surface area contributed by atoms with E-state index in [4.69, 9.17) is 11.6 Å². The summed E-state index contributed by atoms with van der Waals surface area (Å²) in [6.45, 7) is 5.64. The predicted octanol–water partition coefficient (Wildman–Crippen LogP) is 3.73. The Labute approximate surface area is 186 Å². The lowest BCUT2D eigenvalue weighted by molar-refractivity contribution is 0.0959. The Morgan fingerprint density at radius 2 is 2.03 bits per heavy atom. The van der Waals surface area contributed by atoms with Crippen LogP contribution in [-0.4, -0.2) is 63.1 Å². The average Bonchev–Trinajstić information content (AvgIpc) is 3.23. The van der Waals surface area contributed by atoms with E-state index in [9.17, 15) is 4.79 Å². The molecule has 4 rings (SSSR count). The molecule has 3 aromatic rings. The molecule has 1 N–H and O–H groups in total. The SMILES string of the molecule is CC1CN(CCC(=O)c2c[nH]nc2-c2ncccn2)CCN1c1cccc(Cl)c1.Cl. The van der Waals surface area contributed by atoms with Crippen molar-refractivity contribution in [2.24, 2.45) is 0 Å². The van der Waals surface area contributed by atoms with E-state index in [1.54, 1.807) is 24.7 Å². The number of nitrogens with zero attached hydrogens (tertiary/aromatic N) is 5. The Morgan fingerprint density at radius 3 is 2.77 bits per heavy atom. The number of aromatic amines is 1. The van der Waals surface area contributed by atoms with Crippen LogP contribution in [-0.2, 0) is 0 Å². The molecule has 0 amide bonds. The van der Waals surface area contributed by atoms with E-state index in [-0.39, 0.29) is 18.2 Å². The van der Waals surface area contributed by atoms with Crippen molar-refractivity contribution >= 4 is 35.5 Å². The number of benzene rings is 1. The fourth-order valence-corrected chi connectivity index (χ4v) is 3.95. The lowest BCUT2D eigenvalue weighted by atomic mass is 10.1. The number of nitrogens with one attached hydrogen (secondary N) is 1. The molecule has 30 heavy (non-hydrogen) atoms. The van der Waals surface area contributed by atoms with Crippen molar-refractivity contribution in [1.82, 2.24) is 25.1 Å². The van der Waals surface area contributed by atoms with Gasteiger partial charge in [-0.15, -0.1) is 12.4 Å². The van der Waals surface area contributed by atoms with Gasteiger partial charge < -0.3 is 4.90 Å². The maximum Gasteiger partial charge on any atom is 0.180 e. The number of piperazine rings is 1. The largest absolute Gasteiger partial charge is 0.366 e. The molecule has 9 heteroatoms. The van der Waals surface area contributed by atoms with E-state index in [0.717, 1.165) is 30.3 Å². The first-order valence-corrected chi connectivity index (χ1v) is 10.1. The second kappa shape index (κ2) is 10.0. The van der Waals surface area contributed by atoms with Crippen LogP contribution in [0.15, 0.2) is 48.9 Å². The molecule has 1 saturated heterocycles. The quantitative estimate of drug-likeness (QED) is 0.581. The number of anilines is 1. The van der Waals surface area contributed by atoms with Crippen molar-refractivity contribution < 1.29 is 4.79 Å². The first-order valence-electron chi connectivity index (χ1n) is 9.71. The van der Waals surface area contributed by atoms with Gasteiger partial charge in [-0.1, -0.05) is 17.7 Å².